The maximum atomic E-state index is 6.00. The Morgan fingerprint density at radius 3 is 2.67 bits per heavy atom. The standard InChI is InChI=1S/C14H15BrClNS/c1-9-7-10(16)3-5-12(9)13(17-2)8-11-4-6-14(15)18-11/h3-7,13,17H,8H2,1-2H3. The first-order valence-electron chi connectivity index (χ1n) is 5.77. The molecular formula is C14H15BrClNS. The molecule has 0 radical (unpaired) electrons. The lowest BCUT2D eigenvalue weighted by Gasteiger charge is -2.18. The maximum absolute atomic E-state index is 6.00. The Labute approximate surface area is 125 Å². The summed E-state index contributed by atoms with van der Waals surface area (Å²) >= 11 is 11.3. The molecule has 1 aromatic carbocycles. The summed E-state index contributed by atoms with van der Waals surface area (Å²) in [6, 6.07) is 10.7. The number of hydrogen-bond donors (Lipinski definition) is 1. The molecular weight excluding hydrogens is 330 g/mol. The molecule has 0 saturated heterocycles. The molecule has 0 amide bonds. The van der Waals surface area contributed by atoms with Crippen molar-refractivity contribution >= 4 is 38.9 Å². The molecule has 1 atom stereocenters. The molecule has 1 nitrogen and oxygen atoms in total. The second-order valence-electron chi connectivity index (χ2n) is 4.25. The van der Waals surface area contributed by atoms with E-state index >= 15 is 0 Å². The molecule has 2 rings (SSSR count). The molecule has 0 fully saturated rings. The lowest BCUT2D eigenvalue weighted by molar-refractivity contribution is 0.593. The molecule has 4 heteroatoms. The van der Waals surface area contributed by atoms with E-state index in [1.165, 1.54) is 19.8 Å². The van der Waals surface area contributed by atoms with Crippen molar-refractivity contribution in [1.82, 2.24) is 5.32 Å². The Bertz CT molecular complexity index is 538. The third-order valence-corrected chi connectivity index (χ3v) is 4.87. The monoisotopic (exact) mass is 343 g/mol. The molecule has 1 heterocycles. The van der Waals surface area contributed by atoms with Gasteiger partial charge in [-0.15, -0.1) is 11.3 Å². The van der Waals surface area contributed by atoms with E-state index in [4.69, 9.17) is 11.6 Å². The van der Waals surface area contributed by atoms with Crippen molar-refractivity contribution in [3.05, 3.63) is 55.1 Å². The highest BCUT2D eigenvalue weighted by Gasteiger charge is 2.13. The molecule has 18 heavy (non-hydrogen) atoms. The van der Waals surface area contributed by atoms with Gasteiger partial charge in [-0.2, -0.15) is 0 Å². The Kier molecular flexibility index (Phi) is 4.84. The fourth-order valence-electron chi connectivity index (χ4n) is 2.06. The fraction of sp³-hybridized carbons (Fsp3) is 0.286. The molecule has 96 valence electrons. The zero-order valence-corrected chi connectivity index (χ0v) is 13.5. The minimum atomic E-state index is 0.327. The maximum Gasteiger partial charge on any atom is 0.0701 e. The topological polar surface area (TPSA) is 12.0 Å². The number of hydrogen-bond acceptors (Lipinski definition) is 2. The van der Waals surface area contributed by atoms with Gasteiger partial charge in [-0.25, -0.2) is 0 Å². The molecule has 1 N–H and O–H groups in total. The van der Waals surface area contributed by atoms with Crippen LogP contribution in [0, 0.1) is 6.92 Å². The molecule has 1 aromatic heterocycles. The van der Waals surface area contributed by atoms with Crippen molar-refractivity contribution in [1.29, 1.82) is 0 Å². The Balaban J connectivity index is 2.22. The number of likely N-dealkylation sites (N-methyl/N-ethyl adjacent to an activating group) is 1. The minimum absolute atomic E-state index is 0.327. The van der Waals surface area contributed by atoms with Gasteiger partial charge in [0, 0.05) is 22.4 Å². The molecule has 0 spiro atoms. The van der Waals surface area contributed by atoms with E-state index in [2.05, 4.69) is 46.4 Å². The van der Waals surface area contributed by atoms with E-state index in [-0.39, 0.29) is 0 Å². The van der Waals surface area contributed by atoms with E-state index in [9.17, 15) is 0 Å². The molecule has 0 aliphatic carbocycles. The number of aryl methyl sites for hydroxylation is 1. The van der Waals surface area contributed by atoms with Crippen LogP contribution in [0.15, 0.2) is 34.1 Å². The van der Waals surface area contributed by atoms with Gasteiger partial charge in [-0.05, 0) is 65.3 Å². The number of halogens is 2. The summed E-state index contributed by atoms with van der Waals surface area (Å²) in [7, 11) is 2.00. The largest absolute Gasteiger partial charge is 0.313 e. The summed E-state index contributed by atoms with van der Waals surface area (Å²) in [4.78, 5) is 1.37. The highest BCUT2D eigenvalue weighted by molar-refractivity contribution is 9.11. The third-order valence-electron chi connectivity index (χ3n) is 2.99. The average Bonchev–Trinajstić information content (AvgIpc) is 2.72. The van der Waals surface area contributed by atoms with Crippen molar-refractivity contribution in [2.24, 2.45) is 0 Å². The summed E-state index contributed by atoms with van der Waals surface area (Å²) in [6.45, 7) is 2.11. The van der Waals surface area contributed by atoms with Crippen molar-refractivity contribution in [3.8, 4) is 0 Å². The molecule has 0 aliphatic heterocycles. The summed E-state index contributed by atoms with van der Waals surface area (Å²) in [6.07, 6.45) is 0.995. The van der Waals surface area contributed by atoms with Crippen LogP contribution in [0.1, 0.15) is 22.0 Å². The lowest BCUT2D eigenvalue weighted by atomic mass is 9.98. The van der Waals surface area contributed by atoms with Crippen molar-refractivity contribution in [2.45, 2.75) is 19.4 Å². The summed E-state index contributed by atoms with van der Waals surface area (Å²) in [5, 5.41) is 4.18. The van der Waals surface area contributed by atoms with Crippen LogP contribution in [0.4, 0.5) is 0 Å². The van der Waals surface area contributed by atoms with Crippen LogP contribution >= 0.6 is 38.9 Å². The molecule has 0 bridgehead atoms. The van der Waals surface area contributed by atoms with Crippen LogP contribution in [0.3, 0.4) is 0 Å². The van der Waals surface area contributed by atoms with Gasteiger partial charge < -0.3 is 5.32 Å². The first-order chi connectivity index (χ1) is 8.60. The highest BCUT2D eigenvalue weighted by Crippen LogP contribution is 2.28. The second kappa shape index (κ2) is 6.20. The average molecular weight is 345 g/mol. The Hall–Kier alpha value is -0.350. The molecule has 1 unspecified atom stereocenters. The quantitative estimate of drug-likeness (QED) is 0.825. The fourth-order valence-corrected chi connectivity index (χ4v) is 3.82. The van der Waals surface area contributed by atoms with E-state index in [1.54, 1.807) is 11.3 Å². The van der Waals surface area contributed by atoms with Gasteiger partial charge in [0.1, 0.15) is 0 Å². The van der Waals surface area contributed by atoms with Gasteiger partial charge in [0.2, 0.25) is 0 Å². The van der Waals surface area contributed by atoms with E-state index in [0.29, 0.717) is 6.04 Å². The smallest absolute Gasteiger partial charge is 0.0701 e. The van der Waals surface area contributed by atoms with Crippen LogP contribution in [0.5, 0.6) is 0 Å². The third kappa shape index (κ3) is 3.35. The Morgan fingerprint density at radius 2 is 2.11 bits per heavy atom. The van der Waals surface area contributed by atoms with Gasteiger partial charge in [0.25, 0.3) is 0 Å². The van der Waals surface area contributed by atoms with Crippen LogP contribution < -0.4 is 5.32 Å². The summed E-state index contributed by atoms with van der Waals surface area (Å²) < 4.78 is 1.18. The van der Waals surface area contributed by atoms with Gasteiger partial charge in [-0.3, -0.25) is 0 Å². The van der Waals surface area contributed by atoms with Gasteiger partial charge in [0.15, 0.2) is 0 Å². The number of rotatable bonds is 4. The first-order valence-corrected chi connectivity index (χ1v) is 7.76. The first kappa shape index (κ1) is 14.1. The molecule has 0 saturated carbocycles. The lowest BCUT2D eigenvalue weighted by Crippen LogP contribution is -2.19. The molecule has 2 aromatic rings. The van der Waals surface area contributed by atoms with Gasteiger partial charge in [0.05, 0.1) is 3.79 Å². The Morgan fingerprint density at radius 1 is 1.33 bits per heavy atom. The van der Waals surface area contributed by atoms with Crippen molar-refractivity contribution < 1.29 is 0 Å². The van der Waals surface area contributed by atoms with E-state index < -0.39 is 0 Å². The normalized spacial score (nSPS) is 12.7. The predicted octanol–water partition coefficient (Wildman–Crippen LogP) is 4.98. The summed E-state index contributed by atoms with van der Waals surface area (Å²) in [5.41, 5.74) is 2.55. The van der Waals surface area contributed by atoms with Crippen LogP contribution in [-0.4, -0.2) is 7.05 Å². The SMILES string of the molecule is CNC(Cc1ccc(Br)s1)c1ccc(Cl)cc1C. The van der Waals surface area contributed by atoms with Crippen LogP contribution in [0.2, 0.25) is 5.02 Å². The summed E-state index contributed by atoms with van der Waals surface area (Å²) in [5.74, 6) is 0. The molecule has 0 aliphatic rings. The minimum Gasteiger partial charge on any atom is -0.313 e. The number of benzene rings is 1. The van der Waals surface area contributed by atoms with Crippen molar-refractivity contribution in [3.63, 3.8) is 0 Å². The van der Waals surface area contributed by atoms with Gasteiger partial charge in [-0.1, -0.05) is 17.7 Å². The van der Waals surface area contributed by atoms with Crippen molar-refractivity contribution in [2.75, 3.05) is 7.05 Å². The van der Waals surface area contributed by atoms with Crippen LogP contribution in [-0.2, 0) is 6.42 Å². The number of nitrogens with one attached hydrogen (secondary N) is 1. The van der Waals surface area contributed by atoms with E-state index in [1.807, 2.05) is 19.2 Å². The zero-order chi connectivity index (χ0) is 13.1. The highest BCUT2D eigenvalue weighted by atomic mass is 79.9. The van der Waals surface area contributed by atoms with Gasteiger partial charge >= 0.3 is 0 Å². The van der Waals surface area contributed by atoms with E-state index in [0.717, 1.165) is 11.4 Å². The van der Waals surface area contributed by atoms with Crippen LogP contribution in [0.25, 0.3) is 0 Å². The zero-order valence-electron chi connectivity index (χ0n) is 10.3. The number of thiophene rings is 1. The second-order valence-corrected chi connectivity index (χ2v) is 7.24. The predicted molar refractivity (Wildman–Crippen MR) is 83.7 cm³/mol.